The predicted octanol–water partition coefficient (Wildman–Crippen LogP) is 2.11. The van der Waals surface area contributed by atoms with Gasteiger partial charge in [-0.15, -0.1) is 12.3 Å². The highest BCUT2D eigenvalue weighted by Crippen LogP contribution is 2.09. The summed E-state index contributed by atoms with van der Waals surface area (Å²) in [7, 11) is 0. The van der Waals surface area contributed by atoms with Crippen molar-refractivity contribution in [3.05, 3.63) is 0 Å². The van der Waals surface area contributed by atoms with Crippen LogP contribution in [0, 0.1) is 18.3 Å². The number of unbranched alkanes of at least 4 members (excludes halogenated alkanes) is 2. The highest BCUT2D eigenvalue weighted by atomic mass is 15.2. The Balaban J connectivity index is 2.26. The van der Waals surface area contributed by atoms with Crippen LogP contribution in [0.15, 0.2) is 0 Å². The fourth-order valence-corrected chi connectivity index (χ4v) is 2.24. The second-order valence-electron chi connectivity index (χ2n) is 5.12. The smallest absolute Gasteiger partial charge is 0.0217 e. The zero-order valence-electron chi connectivity index (χ0n) is 10.8. The summed E-state index contributed by atoms with van der Waals surface area (Å²) >= 11 is 0. The molecule has 0 saturated carbocycles. The van der Waals surface area contributed by atoms with Crippen molar-refractivity contribution in [1.29, 1.82) is 0 Å². The summed E-state index contributed by atoms with van der Waals surface area (Å²) in [6, 6.07) is 0.662. The lowest BCUT2D eigenvalue weighted by Gasteiger charge is -2.26. The summed E-state index contributed by atoms with van der Waals surface area (Å²) in [4.78, 5) is 2.60. The number of rotatable bonds is 5. The van der Waals surface area contributed by atoms with E-state index in [1.165, 1.54) is 45.4 Å². The molecule has 1 saturated heterocycles. The van der Waals surface area contributed by atoms with Crippen LogP contribution in [0.4, 0.5) is 0 Å². The van der Waals surface area contributed by atoms with E-state index in [9.17, 15) is 0 Å². The van der Waals surface area contributed by atoms with Crippen LogP contribution in [0.1, 0.15) is 39.5 Å². The molecule has 1 heterocycles. The Labute approximate surface area is 101 Å². The minimum Gasteiger partial charge on any atom is -0.312 e. The van der Waals surface area contributed by atoms with Gasteiger partial charge in [-0.1, -0.05) is 13.8 Å². The first kappa shape index (κ1) is 13.5. The number of nitrogens with zero attached hydrogens (tertiary/aromatic N) is 1. The Kier molecular flexibility index (Phi) is 6.52. The van der Waals surface area contributed by atoms with Gasteiger partial charge in [0.2, 0.25) is 0 Å². The molecule has 92 valence electrons. The summed E-state index contributed by atoms with van der Waals surface area (Å²) in [5.41, 5.74) is 0. The molecule has 0 bridgehead atoms. The number of hydrogen-bond acceptors (Lipinski definition) is 2. The normalized spacial score (nSPS) is 23.0. The van der Waals surface area contributed by atoms with Gasteiger partial charge in [0.25, 0.3) is 0 Å². The van der Waals surface area contributed by atoms with E-state index in [1.807, 2.05) is 0 Å². The quantitative estimate of drug-likeness (QED) is 0.566. The molecule has 0 spiro atoms. The van der Waals surface area contributed by atoms with E-state index in [-0.39, 0.29) is 0 Å². The Morgan fingerprint density at radius 3 is 2.94 bits per heavy atom. The van der Waals surface area contributed by atoms with E-state index < -0.39 is 0 Å². The van der Waals surface area contributed by atoms with Gasteiger partial charge in [0.1, 0.15) is 0 Å². The highest BCUT2D eigenvalue weighted by Gasteiger charge is 2.19. The third kappa shape index (κ3) is 5.01. The lowest BCUT2D eigenvalue weighted by molar-refractivity contribution is 0.242. The van der Waals surface area contributed by atoms with Crippen LogP contribution in [-0.2, 0) is 0 Å². The second-order valence-corrected chi connectivity index (χ2v) is 5.12. The first-order chi connectivity index (χ1) is 7.74. The van der Waals surface area contributed by atoms with Crippen LogP contribution in [0.5, 0.6) is 0 Å². The molecule has 1 aliphatic rings. The topological polar surface area (TPSA) is 15.3 Å². The van der Waals surface area contributed by atoms with Gasteiger partial charge in [-0.25, -0.2) is 0 Å². The van der Waals surface area contributed by atoms with E-state index in [1.54, 1.807) is 0 Å². The van der Waals surface area contributed by atoms with Gasteiger partial charge < -0.3 is 10.2 Å². The van der Waals surface area contributed by atoms with Crippen molar-refractivity contribution in [3.63, 3.8) is 0 Å². The van der Waals surface area contributed by atoms with Crippen LogP contribution in [0.3, 0.4) is 0 Å². The second kappa shape index (κ2) is 7.70. The first-order valence-corrected chi connectivity index (χ1v) is 6.63. The predicted molar refractivity (Wildman–Crippen MR) is 70.4 cm³/mol. The molecule has 1 rings (SSSR count). The molecule has 1 unspecified atom stereocenters. The molecular weight excluding hydrogens is 196 g/mol. The number of nitrogens with one attached hydrogen (secondary N) is 1. The Hall–Kier alpha value is -0.520. The average molecular weight is 222 g/mol. The van der Waals surface area contributed by atoms with Crippen LogP contribution in [-0.4, -0.2) is 37.1 Å². The summed E-state index contributed by atoms with van der Waals surface area (Å²) in [5.74, 6) is 3.44. The molecule has 1 N–H and O–H groups in total. The third-order valence-electron chi connectivity index (χ3n) is 3.36. The molecule has 0 aromatic carbocycles. The van der Waals surface area contributed by atoms with Gasteiger partial charge in [0.15, 0.2) is 0 Å². The molecule has 1 atom stereocenters. The van der Waals surface area contributed by atoms with Gasteiger partial charge in [-0.2, -0.15) is 0 Å². The largest absolute Gasteiger partial charge is 0.312 e. The molecule has 1 aliphatic heterocycles. The summed E-state index contributed by atoms with van der Waals surface area (Å²) in [5, 5.41) is 3.64. The monoisotopic (exact) mass is 222 g/mol. The Morgan fingerprint density at radius 2 is 2.25 bits per heavy atom. The van der Waals surface area contributed by atoms with E-state index >= 15 is 0 Å². The highest BCUT2D eigenvalue weighted by molar-refractivity contribution is 4.83. The van der Waals surface area contributed by atoms with Crippen LogP contribution in [0.2, 0.25) is 0 Å². The van der Waals surface area contributed by atoms with Crippen LogP contribution < -0.4 is 5.32 Å². The first-order valence-electron chi connectivity index (χ1n) is 6.63. The van der Waals surface area contributed by atoms with E-state index in [4.69, 9.17) is 6.42 Å². The minimum atomic E-state index is 0.662. The lowest BCUT2D eigenvalue weighted by Crippen LogP contribution is -2.41. The zero-order valence-corrected chi connectivity index (χ0v) is 10.8. The minimum absolute atomic E-state index is 0.662. The Morgan fingerprint density at radius 1 is 1.44 bits per heavy atom. The standard InChI is InChI=1S/C14H26N2/c1-4-5-6-7-10-16-11-8-9-15-14(12-16)13(2)3/h1,13-15H,5-12H2,2-3H3. The fraction of sp³-hybridized carbons (Fsp3) is 0.857. The Bertz CT molecular complexity index is 217. The lowest BCUT2D eigenvalue weighted by atomic mass is 10.0. The molecule has 2 heteroatoms. The van der Waals surface area contributed by atoms with Crippen molar-refractivity contribution in [2.45, 2.75) is 45.6 Å². The van der Waals surface area contributed by atoms with E-state index in [0.717, 1.165) is 12.3 Å². The molecule has 2 nitrogen and oxygen atoms in total. The van der Waals surface area contributed by atoms with Crippen molar-refractivity contribution in [2.75, 3.05) is 26.2 Å². The molecule has 16 heavy (non-hydrogen) atoms. The summed E-state index contributed by atoms with van der Waals surface area (Å²) in [6.07, 6.45) is 9.89. The molecule has 0 radical (unpaired) electrons. The maximum atomic E-state index is 5.26. The van der Waals surface area contributed by atoms with Crippen molar-refractivity contribution in [3.8, 4) is 12.3 Å². The zero-order chi connectivity index (χ0) is 11.8. The van der Waals surface area contributed by atoms with Gasteiger partial charge >= 0.3 is 0 Å². The van der Waals surface area contributed by atoms with Crippen molar-refractivity contribution in [2.24, 2.45) is 5.92 Å². The average Bonchev–Trinajstić information content (AvgIpc) is 2.50. The van der Waals surface area contributed by atoms with Gasteiger partial charge in [-0.3, -0.25) is 0 Å². The third-order valence-corrected chi connectivity index (χ3v) is 3.36. The maximum absolute atomic E-state index is 5.26. The van der Waals surface area contributed by atoms with Crippen molar-refractivity contribution < 1.29 is 0 Å². The van der Waals surface area contributed by atoms with Crippen molar-refractivity contribution >= 4 is 0 Å². The molecule has 0 aromatic rings. The van der Waals surface area contributed by atoms with E-state index in [2.05, 4.69) is 30.0 Å². The van der Waals surface area contributed by atoms with Crippen LogP contribution >= 0.6 is 0 Å². The fourth-order valence-electron chi connectivity index (χ4n) is 2.24. The molecule has 0 aliphatic carbocycles. The van der Waals surface area contributed by atoms with E-state index in [0.29, 0.717) is 6.04 Å². The molecule has 0 aromatic heterocycles. The summed E-state index contributed by atoms with van der Waals surface area (Å²) < 4.78 is 0. The molecule has 1 fully saturated rings. The van der Waals surface area contributed by atoms with Gasteiger partial charge in [0, 0.05) is 19.0 Å². The molecule has 0 amide bonds. The number of hydrogen-bond donors (Lipinski definition) is 1. The number of terminal acetylenes is 1. The molecular formula is C14H26N2. The maximum Gasteiger partial charge on any atom is 0.0217 e. The van der Waals surface area contributed by atoms with Crippen LogP contribution in [0.25, 0.3) is 0 Å². The van der Waals surface area contributed by atoms with Crippen molar-refractivity contribution in [1.82, 2.24) is 10.2 Å². The van der Waals surface area contributed by atoms with Gasteiger partial charge in [-0.05, 0) is 44.8 Å². The summed E-state index contributed by atoms with van der Waals surface area (Å²) in [6.45, 7) is 9.44. The van der Waals surface area contributed by atoms with Gasteiger partial charge in [0.05, 0.1) is 0 Å². The SMILES string of the molecule is C#CCCCCN1CCCNC(C(C)C)C1.